The van der Waals surface area contributed by atoms with Gasteiger partial charge in [0, 0.05) is 19.0 Å². The predicted octanol–water partition coefficient (Wildman–Crippen LogP) is 1.19. The summed E-state index contributed by atoms with van der Waals surface area (Å²) in [5.41, 5.74) is 2.41. The van der Waals surface area contributed by atoms with E-state index in [-0.39, 0.29) is 11.9 Å². The molecule has 1 aliphatic rings. The molecule has 0 spiro atoms. The molecular formula is C18H26N2O4. The predicted molar refractivity (Wildman–Crippen MR) is 90.8 cm³/mol. The Morgan fingerprint density at radius 2 is 2.00 bits per heavy atom. The molecule has 3 atom stereocenters. The molecule has 2 rings (SSSR count). The Balaban J connectivity index is 2.01. The van der Waals surface area contributed by atoms with E-state index >= 15 is 0 Å². The lowest BCUT2D eigenvalue weighted by Crippen LogP contribution is -2.54. The standard InChI is InChI=1S/C18H26N2O4/c1-12-5-7-14(8-6-12)15-4-3-9-20(10-15)18(24)19-17(13(2)22)16(23)11-21/h5-8,13,15,17,21-22H,3-4,9-11H2,1-2H3,(H,19,24)/t13-,15?,17+/m1/s1. The molecule has 0 radical (unpaired) electrons. The van der Waals surface area contributed by atoms with Crippen molar-refractivity contribution >= 4 is 11.8 Å². The van der Waals surface area contributed by atoms with Crippen LogP contribution in [0.5, 0.6) is 0 Å². The number of carbonyl (C=O) groups is 2. The maximum atomic E-state index is 12.4. The van der Waals surface area contributed by atoms with Gasteiger partial charge in [0.15, 0.2) is 5.78 Å². The van der Waals surface area contributed by atoms with Gasteiger partial charge in [0.25, 0.3) is 0 Å². The first-order valence-corrected chi connectivity index (χ1v) is 8.36. The number of aliphatic hydroxyl groups excluding tert-OH is 2. The first-order chi connectivity index (χ1) is 11.4. The van der Waals surface area contributed by atoms with Crippen LogP contribution in [0.2, 0.25) is 0 Å². The smallest absolute Gasteiger partial charge is 0.318 e. The molecule has 1 saturated heterocycles. The molecule has 1 unspecified atom stereocenters. The first kappa shape index (κ1) is 18.4. The van der Waals surface area contributed by atoms with Crippen LogP contribution in [0.4, 0.5) is 4.79 Å². The summed E-state index contributed by atoms with van der Waals surface area (Å²) in [5, 5.41) is 21.2. The summed E-state index contributed by atoms with van der Waals surface area (Å²) in [6.45, 7) is 3.95. The third kappa shape index (κ3) is 4.55. The van der Waals surface area contributed by atoms with Gasteiger partial charge in [0.2, 0.25) is 0 Å². The average Bonchev–Trinajstić information content (AvgIpc) is 2.59. The highest BCUT2D eigenvalue weighted by Crippen LogP contribution is 2.27. The fourth-order valence-electron chi connectivity index (χ4n) is 3.07. The second-order valence-corrected chi connectivity index (χ2v) is 6.49. The summed E-state index contributed by atoms with van der Waals surface area (Å²) < 4.78 is 0. The molecule has 1 heterocycles. The third-order valence-corrected chi connectivity index (χ3v) is 4.52. The van der Waals surface area contributed by atoms with E-state index < -0.39 is 24.5 Å². The normalized spacial score (nSPS) is 20.3. The Kier molecular flexibility index (Phi) is 6.34. The number of amides is 2. The van der Waals surface area contributed by atoms with E-state index in [9.17, 15) is 14.7 Å². The van der Waals surface area contributed by atoms with Gasteiger partial charge in [-0.1, -0.05) is 29.8 Å². The number of likely N-dealkylation sites (tertiary alicyclic amines) is 1. The molecule has 1 aromatic carbocycles. The van der Waals surface area contributed by atoms with Crippen LogP contribution < -0.4 is 5.32 Å². The molecule has 0 saturated carbocycles. The molecule has 3 N–H and O–H groups in total. The van der Waals surface area contributed by atoms with Crippen LogP contribution in [-0.4, -0.2) is 58.8 Å². The van der Waals surface area contributed by atoms with Gasteiger partial charge < -0.3 is 20.4 Å². The van der Waals surface area contributed by atoms with Crippen LogP contribution >= 0.6 is 0 Å². The molecule has 6 nitrogen and oxygen atoms in total. The van der Waals surface area contributed by atoms with Gasteiger partial charge in [-0.25, -0.2) is 4.79 Å². The number of aryl methyl sites for hydroxylation is 1. The van der Waals surface area contributed by atoms with Crippen molar-refractivity contribution in [2.75, 3.05) is 19.7 Å². The molecule has 0 aliphatic carbocycles. The van der Waals surface area contributed by atoms with Crippen LogP contribution in [0.3, 0.4) is 0 Å². The number of aliphatic hydroxyl groups is 2. The molecule has 6 heteroatoms. The quantitative estimate of drug-likeness (QED) is 0.755. The topological polar surface area (TPSA) is 89.9 Å². The zero-order valence-electron chi connectivity index (χ0n) is 14.2. The number of Topliss-reactive ketones (excluding diaryl/α,β-unsaturated/α-hetero) is 1. The van der Waals surface area contributed by atoms with Gasteiger partial charge in [-0.15, -0.1) is 0 Å². The lowest BCUT2D eigenvalue weighted by atomic mass is 9.90. The van der Waals surface area contributed by atoms with E-state index in [0.29, 0.717) is 13.1 Å². The second kappa shape index (κ2) is 8.26. The monoisotopic (exact) mass is 334 g/mol. The Morgan fingerprint density at radius 3 is 2.58 bits per heavy atom. The van der Waals surface area contributed by atoms with Crippen LogP contribution in [0.25, 0.3) is 0 Å². The molecule has 24 heavy (non-hydrogen) atoms. The van der Waals surface area contributed by atoms with Crippen molar-refractivity contribution in [3.63, 3.8) is 0 Å². The molecule has 2 amide bonds. The molecule has 132 valence electrons. The highest BCUT2D eigenvalue weighted by molar-refractivity contribution is 5.89. The zero-order valence-corrected chi connectivity index (χ0v) is 14.2. The number of benzene rings is 1. The van der Waals surface area contributed by atoms with E-state index in [1.165, 1.54) is 18.1 Å². The SMILES string of the molecule is Cc1ccc(C2CCCN(C(=O)N[C@H](C(=O)CO)[C@@H](C)O)C2)cc1. The Morgan fingerprint density at radius 1 is 1.33 bits per heavy atom. The van der Waals surface area contributed by atoms with Gasteiger partial charge in [-0.05, 0) is 32.3 Å². The van der Waals surface area contributed by atoms with Gasteiger partial charge in [0.1, 0.15) is 12.6 Å². The summed E-state index contributed by atoms with van der Waals surface area (Å²) in [6, 6.07) is 6.86. The summed E-state index contributed by atoms with van der Waals surface area (Å²) in [5.74, 6) is -0.325. The van der Waals surface area contributed by atoms with E-state index in [4.69, 9.17) is 5.11 Å². The number of ketones is 1. The molecular weight excluding hydrogens is 308 g/mol. The fourth-order valence-corrected chi connectivity index (χ4v) is 3.07. The number of rotatable bonds is 5. The van der Waals surface area contributed by atoms with E-state index in [2.05, 4.69) is 29.6 Å². The Bertz CT molecular complexity index is 571. The lowest BCUT2D eigenvalue weighted by Gasteiger charge is -2.34. The van der Waals surface area contributed by atoms with Crippen molar-refractivity contribution in [1.29, 1.82) is 0 Å². The molecule has 0 bridgehead atoms. The molecule has 0 aromatic heterocycles. The van der Waals surface area contributed by atoms with Crippen LogP contribution in [-0.2, 0) is 4.79 Å². The minimum atomic E-state index is -1.08. The van der Waals surface area contributed by atoms with Crippen LogP contribution in [0, 0.1) is 6.92 Å². The van der Waals surface area contributed by atoms with Gasteiger partial charge in [-0.3, -0.25) is 4.79 Å². The van der Waals surface area contributed by atoms with Crippen molar-refractivity contribution in [2.45, 2.75) is 44.8 Å². The Hall–Kier alpha value is -1.92. The number of hydrogen-bond acceptors (Lipinski definition) is 4. The van der Waals surface area contributed by atoms with Crippen molar-refractivity contribution in [3.8, 4) is 0 Å². The van der Waals surface area contributed by atoms with E-state index in [1.54, 1.807) is 4.90 Å². The van der Waals surface area contributed by atoms with Gasteiger partial charge in [0.05, 0.1) is 6.10 Å². The van der Waals surface area contributed by atoms with Crippen molar-refractivity contribution in [2.24, 2.45) is 0 Å². The molecule has 1 aromatic rings. The fraction of sp³-hybridized carbons (Fsp3) is 0.556. The average molecular weight is 334 g/mol. The van der Waals surface area contributed by atoms with Gasteiger partial charge >= 0.3 is 6.03 Å². The minimum absolute atomic E-state index is 0.267. The van der Waals surface area contributed by atoms with Crippen molar-refractivity contribution in [3.05, 3.63) is 35.4 Å². The summed E-state index contributed by atoms with van der Waals surface area (Å²) in [4.78, 5) is 25.8. The number of hydrogen-bond donors (Lipinski definition) is 3. The van der Waals surface area contributed by atoms with E-state index in [0.717, 1.165) is 12.8 Å². The van der Waals surface area contributed by atoms with Crippen molar-refractivity contribution in [1.82, 2.24) is 10.2 Å². The maximum Gasteiger partial charge on any atom is 0.318 e. The largest absolute Gasteiger partial charge is 0.391 e. The molecule has 1 aliphatic heterocycles. The number of carbonyl (C=O) groups excluding carboxylic acids is 2. The number of piperidine rings is 1. The number of nitrogens with zero attached hydrogens (tertiary/aromatic N) is 1. The number of urea groups is 1. The second-order valence-electron chi connectivity index (χ2n) is 6.49. The summed E-state index contributed by atoms with van der Waals surface area (Å²) in [6.07, 6.45) is 0.855. The number of nitrogens with one attached hydrogen (secondary N) is 1. The highest BCUT2D eigenvalue weighted by atomic mass is 16.3. The van der Waals surface area contributed by atoms with E-state index in [1.807, 2.05) is 6.92 Å². The van der Waals surface area contributed by atoms with Gasteiger partial charge in [-0.2, -0.15) is 0 Å². The molecule has 1 fully saturated rings. The summed E-state index contributed by atoms with van der Waals surface area (Å²) >= 11 is 0. The zero-order chi connectivity index (χ0) is 17.7. The summed E-state index contributed by atoms with van der Waals surface area (Å²) in [7, 11) is 0. The first-order valence-electron chi connectivity index (χ1n) is 8.36. The van der Waals surface area contributed by atoms with Crippen molar-refractivity contribution < 1.29 is 19.8 Å². The minimum Gasteiger partial charge on any atom is -0.391 e. The maximum absolute atomic E-state index is 12.4. The van der Waals surface area contributed by atoms with Crippen LogP contribution in [0.15, 0.2) is 24.3 Å². The highest BCUT2D eigenvalue weighted by Gasteiger charge is 2.29. The lowest BCUT2D eigenvalue weighted by molar-refractivity contribution is -0.125. The van der Waals surface area contributed by atoms with Crippen LogP contribution in [0.1, 0.15) is 36.8 Å². The third-order valence-electron chi connectivity index (χ3n) is 4.52. The Labute approximate surface area is 142 Å².